The van der Waals surface area contributed by atoms with Crippen LogP contribution in [0.25, 0.3) is 0 Å². The molecule has 0 spiro atoms. The van der Waals surface area contributed by atoms with Crippen LogP contribution in [0.15, 0.2) is 41.1 Å². The van der Waals surface area contributed by atoms with Crippen LogP contribution in [0.2, 0.25) is 0 Å². The number of anilines is 1. The van der Waals surface area contributed by atoms with Gasteiger partial charge in [0, 0.05) is 13.6 Å². The van der Waals surface area contributed by atoms with E-state index in [1.54, 1.807) is 35.4 Å². The highest BCUT2D eigenvalue weighted by Gasteiger charge is 2.15. The van der Waals surface area contributed by atoms with E-state index in [4.69, 9.17) is 5.84 Å². The topological polar surface area (TPSA) is 58.4 Å². The maximum absolute atomic E-state index is 12.3. The minimum atomic E-state index is -0.0465. The van der Waals surface area contributed by atoms with Gasteiger partial charge in [-0.2, -0.15) is 11.3 Å². The molecular formula is C13H15N3OS. The van der Waals surface area contributed by atoms with Gasteiger partial charge in [0.05, 0.1) is 11.3 Å². The van der Waals surface area contributed by atoms with Crippen molar-refractivity contribution in [3.63, 3.8) is 0 Å². The highest BCUT2D eigenvalue weighted by atomic mass is 32.1. The number of carbonyl (C=O) groups is 1. The molecule has 0 aliphatic carbocycles. The van der Waals surface area contributed by atoms with Gasteiger partial charge in [0.2, 0.25) is 0 Å². The molecule has 94 valence electrons. The lowest BCUT2D eigenvalue weighted by Gasteiger charge is -2.18. The Labute approximate surface area is 110 Å². The SMILES string of the molecule is CN(Cc1ccsc1)C(=O)c1ccccc1NN. The maximum atomic E-state index is 12.3. The summed E-state index contributed by atoms with van der Waals surface area (Å²) in [4.78, 5) is 14.0. The smallest absolute Gasteiger partial charge is 0.256 e. The summed E-state index contributed by atoms with van der Waals surface area (Å²) in [5.41, 5.74) is 4.90. The summed E-state index contributed by atoms with van der Waals surface area (Å²) in [6.07, 6.45) is 0. The molecule has 1 amide bonds. The molecule has 0 aliphatic rings. The molecule has 0 aliphatic heterocycles. The minimum Gasteiger partial charge on any atom is -0.337 e. The number of nitrogen functional groups attached to an aromatic ring is 1. The number of nitrogens with one attached hydrogen (secondary N) is 1. The van der Waals surface area contributed by atoms with E-state index in [1.165, 1.54) is 0 Å². The van der Waals surface area contributed by atoms with Crippen LogP contribution < -0.4 is 11.3 Å². The minimum absolute atomic E-state index is 0.0465. The number of benzene rings is 1. The molecule has 0 unspecified atom stereocenters. The van der Waals surface area contributed by atoms with Crippen molar-refractivity contribution in [1.29, 1.82) is 0 Å². The van der Waals surface area contributed by atoms with E-state index in [1.807, 2.05) is 29.0 Å². The van der Waals surface area contributed by atoms with Crippen molar-refractivity contribution in [1.82, 2.24) is 4.90 Å². The van der Waals surface area contributed by atoms with E-state index in [0.717, 1.165) is 5.56 Å². The van der Waals surface area contributed by atoms with E-state index in [-0.39, 0.29) is 5.91 Å². The first-order valence-electron chi connectivity index (χ1n) is 5.54. The fraction of sp³-hybridized carbons (Fsp3) is 0.154. The van der Waals surface area contributed by atoms with Gasteiger partial charge in [-0.1, -0.05) is 12.1 Å². The lowest BCUT2D eigenvalue weighted by molar-refractivity contribution is 0.0786. The maximum Gasteiger partial charge on any atom is 0.256 e. The molecule has 18 heavy (non-hydrogen) atoms. The molecule has 0 fully saturated rings. The van der Waals surface area contributed by atoms with E-state index in [9.17, 15) is 4.79 Å². The molecule has 1 aromatic heterocycles. The summed E-state index contributed by atoms with van der Waals surface area (Å²) >= 11 is 1.63. The first-order chi connectivity index (χ1) is 8.72. The van der Waals surface area contributed by atoms with Gasteiger partial charge in [0.1, 0.15) is 0 Å². The van der Waals surface area contributed by atoms with Crippen LogP contribution in [0.3, 0.4) is 0 Å². The third-order valence-electron chi connectivity index (χ3n) is 2.66. The number of thiophene rings is 1. The Morgan fingerprint density at radius 1 is 1.39 bits per heavy atom. The number of carbonyl (C=O) groups excluding carboxylic acids is 1. The Bertz CT molecular complexity index is 525. The van der Waals surface area contributed by atoms with E-state index >= 15 is 0 Å². The second-order valence-electron chi connectivity index (χ2n) is 3.98. The van der Waals surface area contributed by atoms with Crippen LogP contribution in [-0.2, 0) is 6.54 Å². The van der Waals surface area contributed by atoms with Crippen molar-refractivity contribution < 1.29 is 4.79 Å². The Morgan fingerprint density at radius 3 is 2.83 bits per heavy atom. The number of hydrazine groups is 1. The highest BCUT2D eigenvalue weighted by Crippen LogP contribution is 2.17. The third-order valence-corrected chi connectivity index (χ3v) is 3.39. The van der Waals surface area contributed by atoms with Crippen LogP contribution in [0.1, 0.15) is 15.9 Å². The van der Waals surface area contributed by atoms with E-state index in [2.05, 4.69) is 5.43 Å². The zero-order valence-corrected chi connectivity index (χ0v) is 10.9. The molecule has 0 bridgehead atoms. The molecule has 1 heterocycles. The Kier molecular flexibility index (Phi) is 3.96. The van der Waals surface area contributed by atoms with Gasteiger partial charge < -0.3 is 10.3 Å². The van der Waals surface area contributed by atoms with Crippen LogP contribution >= 0.6 is 11.3 Å². The molecule has 2 aromatic rings. The third kappa shape index (κ3) is 2.69. The molecule has 0 saturated carbocycles. The number of nitrogens with zero attached hydrogens (tertiary/aromatic N) is 1. The van der Waals surface area contributed by atoms with Crippen molar-refractivity contribution in [2.45, 2.75) is 6.54 Å². The lowest BCUT2D eigenvalue weighted by atomic mass is 10.1. The van der Waals surface area contributed by atoms with Crippen molar-refractivity contribution >= 4 is 22.9 Å². The zero-order chi connectivity index (χ0) is 13.0. The predicted octanol–water partition coefficient (Wildman–Crippen LogP) is 2.31. The summed E-state index contributed by atoms with van der Waals surface area (Å²) in [7, 11) is 1.79. The van der Waals surface area contributed by atoms with E-state index in [0.29, 0.717) is 17.8 Å². The van der Waals surface area contributed by atoms with Gasteiger partial charge in [-0.15, -0.1) is 0 Å². The molecule has 0 atom stereocenters. The van der Waals surface area contributed by atoms with Crippen LogP contribution in [0.4, 0.5) is 5.69 Å². The van der Waals surface area contributed by atoms with Crippen molar-refractivity contribution in [3.8, 4) is 0 Å². The van der Waals surface area contributed by atoms with Gasteiger partial charge in [-0.25, -0.2) is 0 Å². The van der Waals surface area contributed by atoms with Gasteiger partial charge in [-0.05, 0) is 34.5 Å². The normalized spacial score (nSPS) is 10.1. The number of rotatable bonds is 4. The Morgan fingerprint density at radius 2 is 2.17 bits per heavy atom. The summed E-state index contributed by atoms with van der Waals surface area (Å²) in [5.74, 6) is 5.36. The number of para-hydroxylation sites is 1. The number of hydrogen-bond donors (Lipinski definition) is 2. The van der Waals surface area contributed by atoms with Crippen LogP contribution in [0, 0.1) is 0 Å². The molecule has 1 aromatic carbocycles. The number of hydrogen-bond acceptors (Lipinski definition) is 4. The molecular weight excluding hydrogens is 246 g/mol. The summed E-state index contributed by atoms with van der Waals surface area (Å²) in [6.45, 7) is 0.598. The van der Waals surface area contributed by atoms with Crippen LogP contribution in [-0.4, -0.2) is 17.9 Å². The lowest BCUT2D eigenvalue weighted by Crippen LogP contribution is -2.27. The molecule has 2 rings (SSSR count). The van der Waals surface area contributed by atoms with Crippen LogP contribution in [0.5, 0.6) is 0 Å². The fourth-order valence-corrected chi connectivity index (χ4v) is 2.39. The highest BCUT2D eigenvalue weighted by molar-refractivity contribution is 7.07. The number of nitrogens with two attached hydrogens (primary N) is 1. The van der Waals surface area contributed by atoms with Gasteiger partial charge >= 0.3 is 0 Å². The Hall–Kier alpha value is -1.85. The second-order valence-corrected chi connectivity index (χ2v) is 4.76. The van der Waals surface area contributed by atoms with Gasteiger partial charge in [0.15, 0.2) is 0 Å². The standard InChI is InChI=1S/C13H15N3OS/c1-16(8-10-6-7-18-9-10)13(17)11-4-2-3-5-12(11)15-14/h2-7,9,15H,8,14H2,1H3. The fourth-order valence-electron chi connectivity index (χ4n) is 1.73. The Balaban J connectivity index is 2.15. The first-order valence-corrected chi connectivity index (χ1v) is 6.49. The molecule has 4 nitrogen and oxygen atoms in total. The average Bonchev–Trinajstić information content (AvgIpc) is 2.90. The molecule has 0 radical (unpaired) electrons. The monoisotopic (exact) mass is 261 g/mol. The molecule has 0 saturated heterocycles. The quantitative estimate of drug-likeness (QED) is 0.656. The molecule has 3 N–H and O–H groups in total. The predicted molar refractivity (Wildman–Crippen MR) is 74.4 cm³/mol. The average molecular weight is 261 g/mol. The van der Waals surface area contributed by atoms with E-state index < -0.39 is 0 Å². The van der Waals surface area contributed by atoms with Crippen molar-refractivity contribution in [2.75, 3.05) is 12.5 Å². The summed E-state index contributed by atoms with van der Waals surface area (Å²) in [6, 6.07) is 9.23. The largest absolute Gasteiger partial charge is 0.337 e. The number of amides is 1. The van der Waals surface area contributed by atoms with Gasteiger partial charge in [-0.3, -0.25) is 10.6 Å². The summed E-state index contributed by atoms with van der Waals surface area (Å²) < 4.78 is 0. The molecule has 5 heteroatoms. The van der Waals surface area contributed by atoms with Gasteiger partial charge in [0.25, 0.3) is 5.91 Å². The summed E-state index contributed by atoms with van der Waals surface area (Å²) in [5, 5.41) is 4.04. The van der Waals surface area contributed by atoms with Crippen molar-refractivity contribution in [2.24, 2.45) is 5.84 Å². The zero-order valence-electron chi connectivity index (χ0n) is 10.1. The second kappa shape index (κ2) is 5.66. The first kappa shape index (κ1) is 12.6. The van der Waals surface area contributed by atoms with Crippen molar-refractivity contribution in [3.05, 3.63) is 52.2 Å².